The zero-order valence-corrected chi connectivity index (χ0v) is 11.2. The van der Waals surface area contributed by atoms with Gasteiger partial charge in [0.05, 0.1) is 0 Å². The first-order valence-corrected chi connectivity index (χ1v) is 6.73. The number of halogens is 1. The van der Waals surface area contributed by atoms with Gasteiger partial charge in [-0.3, -0.25) is 0 Å². The molecule has 0 unspecified atom stereocenters. The third kappa shape index (κ3) is 2.72. The van der Waals surface area contributed by atoms with Gasteiger partial charge in [0.1, 0.15) is 0 Å². The highest BCUT2D eigenvalue weighted by atomic mass is 19.1. The van der Waals surface area contributed by atoms with Crippen LogP contribution < -0.4 is 0 Å². The minimum Gasteiger partial charge on any atom is -0.331 e. The minimum atomic E-state index is -0.177. The smallest absolute Gasteiger partial charge is 0.195 e. The van der Waals surface area contributed by atoms with Crippen molar-refractivity contribution in [2.75, 3.05) is 19.6 Å². The number of rotatable bonds is 6. The number of aromatic amines is 1. The predicted octanol–water partition coefficient (Wildman–Crippen LogP) is 3.58. The maximum absolute atomic E-state index is 13.9. The zero-order chi connectivity index (χ0) is 13.0. The van der Waals surface area contributed by atoms with Crippen LogP contribution in [0, 0.1) is 5.95 Å². The van der Waals surface area contributed by atoms with Crippen LogP contribution in [0.25, 0.3) is 10.9 Å². The molecule has 2 rings (SSSR count). The molecule has 98 valence electrons. The average Bonchev–Trinajstić information content (AvgIpc) is 2.70. The number of nitrogens with zero attached hydrogens (tertiary/aromatic N) is 1. The summed E-state index contributed by atoms with van der Waals surface area (Å²) in [6, 6.07) is 7.80. The standard InChI is InChI=1S/C15H21FN2/c1-3-10-18(4-2)11-9-13-12-7-5-6-8-14(12)17-15(13)16/h5-8,17H,3-4,9-11H2,1-2H3. The van der Waals surface area contributed by atoms with Crippen LogP contribution in [0.15, 0.2) is 24.3 Å². The molecule has 0 bridgehead atoms. The van der Waals surface area contributed by atoms with Crippen molar-refractivity contribution < 1.29 is 4.39 Å². The van der Waals surface area contributed by atoms with Gasteiger partial charge in [0, 0.05) is 23.0 Å². The number of likely N-dealkylation sites (N-methyl/N-ethyl adjacent to an activating group) is 1. The molecule has 0 saturated heterocycles. The molecule has 0 aliphatic carbocycles. The summed E-state index contributed by atoms with van der Waals surface area (Å²) < 4.78 is 13.9. The number of benzene rings is 1. The van der Waals surface area contributed by atoms with E-state index in [0.717, 1.165) is 48.9 Å². The van der Waals surface area contributed by atoms with Crippen molar-refractivity contribution in [3.63, 3.8) is 0 Å². The molecule has 0 saturated carbocycles. The van der Waals surface area contributed by atoms with E-state index in [4.69, 9.17) is 0 Å². The number of para-hydroxylation sites is 1. The predicted molar refractivity (Wildman–Crippen MR) is 74.4 cm³/mol. The number of nitrogens with one attached hydrogen (secondary N) is 1. The van der Waals surface area contributed by atoms with Crippen LogP contribution in [0.5, 0.6) is 0 Å². The Morgan fingerprint density at radius 2 is 1.94 bits per heavy atom. The average molecular weight is 248 g/mol. The Hall–Kier alpha value is -1.35. The Bertz CT molecular complexity index is 504. The molecule has 0 spiro atoms. The molecule has 1 N–H and O–H groups in total. The molecule has 0 aliphatic heterocycles. The Kier molecular flexibility index (Phi) is 4.37. The van der Waals surface area contributed by atoms with Crippen LogP contribution in [-0.4, -0.2) is 29.5 Å². The second-order valence-electron chi connectivity index (χ2n) is 4.65. The van der Waals surface area contributed by atoms with Crippen molar-refractivity contribution in [1.29, 1.82) is 0 Å². The van der Waals surface area contributed by atoms with Crippen LogP contribution in [0.3, 0.4) is 0 Å². The van der Waals surface area contributed by atoms with Gasteiger partial charge in [0.25, 0.3) is 0 Å². The van der Waals surface area contributed by atoms with Crippen molar-refractivity contribution >= 4 is 10.9 Å². The fourth-order valence-electron chi connectivity index (χ4n) is 2.43. The van der Waals surface area contributed by atoms with E-state index in [9.17, 15) is 4.39 Å². The summed E-state index contributed by atoms with van der Waals surface area (Å²) in [5, 5.41) is 1.02. The molecule has 3 heteroatoms. The lowest BCUT2D eigenvalue weighted by Crippen LogP contribution is -2.26. The summed E-state index contributed by atoms with van der Waals surface area (Å²) in [7, 11) is 0. The van der Waals surface area contributed by atoms with Gasteiger partial charge in [-0.15, -0.1) is 0 Å². The molecular weight excluding hydrogens is 227 g/mol. The van der Waals surface area contributed by atoms with Crippen LogP contribution in [0.2, 0.25) is 0 Å². The lowest BCUT2D eigenvalue weighted by molar-refractivity contribution is 0.291. The summed E-state index contributed by atoms with van der Waals surface area (Å²) in [5.74, 6) is -0.177. The van der Waals surface area contributed by atoms with Gasteiger partial charge in [-0.05, 0) is 32.0 Å². The zero-order valence-electron chi connectivity index (χ0n) is 11.2. The van der Waals surface area contributed by atoms with E-state index in [0.29, 0.717) is 0 Å². The molecule has 1 heterocycles. The van der Waals surface area contributed by atoms with E-state index in [-0.39, 0.29) is 5.95 Å². The molecule has 0 aliphatic rings. The Morgan fingerprint density at radius 3 is 2.67 bits per heavy atom. The SMILES string of the molecule is CCCN(CC)CCc1c(F)[nH]c2ccccc12. The van der Waals surface area contributed by atoms with E-state index in [1.54, 1.807) is 0 Å². The number of H-pyrrole nitrogens is 1. The number of aromatic nitrogens is 1. The van der Waals surface area contributed by atoms with Crippen molar-refractivity contribution in [2.45, 2.75) is 26.7 Å². The molecule has 0 amide bonds. The molecular formula is C15H21FN2. The van der Waals surface area contributed by atoms with Crippen LogP contribution >= 0.6 is 0 Å². The summed E-state index contributed by atoms with van der Waals surface area (Å²) in [6.07, 6.45) is 1.91. The van der Waals surface area contributed by atoms with Crippen LogP contribution in [0.4, 0.5) is 4.39 Å². The van der Waals surface area contributed by atoms with Crippen LogP contribution in [-0.2, 0) is 6.42 Å². The van der Waals surface area contributed by atoms with Crippen molar-refractivity contribution in [1.82, 2.24) is 9.88 Å². The molecule has 1 aromatic carbocycles. The van der Waals surface area contributed by atoms with Gasteiger partial charge >= 0.3 is 0 Å². The first-order valence-electron chi connectivity index (χ1n) is 6.73. The quantitative estimate of drug-likeness (QED) is 0.828. The number of hydrogen-bond acceptors (Lipinski definition) is 1. The monoisotopic (exact) mass is 248 g/mol. The number of fused-ring (bicyclic) bond motifs is 1. The minimum absolute atomic E-state index is 0.177. The lowest BCUT2D eigenvalue weighted by Gasteiger charge is -2.19. The molecule has 0 atom stereocenters. The van der Waals surface area contributed by atoms with Gasteiger partial charge in [-0.2, -0.15) is 4.39 Å². The maximum atomic E-state index is 13.9. The molecule has 2 nitrogen and oxygen atoms in total. The molecule has 0 fully saturated rings. The Labute approximate surface area is 108 Å². The highest BCUT2D eigenvalue weighted by Crippen LogP contribution is 2.21. The van der Waals surface area contributed by atoms with E-state index in [2.05, 4.69) is 23.7 Å². The fourth-order valence-corrected chi connectivity index (χ4v) is 2.43. The lowest BCUT2D eigenvalue weighted by atomic mass is 10.1. The molecule has 2 aromatic rings. The molecule has 0 radical (unpaired) electrons. The van der Waals surface area contributed by atoms with Gasteiger partial charge in [0.15, 0.2) is 5.95 Å². The van der Waals surface area contributed by atoms with Crippen molar-refractivity contribution in [3.05, 3.63) is 35.8 Å². The third-order valence-electron chi connectivity index (χ3n) is 3.43. The number of hydrogen-bond donors (Lipinski definition) is 1. The first-order chi connectivity index (χ1) is 8.76. The van der Waals surface area contributed by atoms with Crippen molar-refractivity contribution in [2.24, 2.45) is 0 Å². The summed E-state index contributed by atoms with van der Waals surface area (Å²) in [4.78, 5) is 5.18. The summed E-state index contributed by atoms with van der Waals surface area (Å²) >= 11 is 0. The summed E-state index contributed by atoms with van der Waals surface area (Å²) in [5.41, 5.74) is 1.71. The maximum Gasteiger partial charge on any atom is 0.195 e. The van der Waals surface area contributed by atoms with Gasteiger partial charge in [-0.1, -0.05) is 32.0 Å². The topological polar surface area (TPSA) is 19.0 Å². The first kappa shape index (κ1) is 13.1. The summed E-state index contributed by atoms with van der Waals surface area (Å²) in [6.45, 7) is 7.36. The third-order valence-corrected chi connectivity index (χ3v) is 3.43. The van der Waals surface area contributed by atoms with E-state index in [1.807, 2.05) is 24.3 Å². The highest BCUT2D eigenvalue weighted by Gasteiger charge is 2.11. The van der Waals surface area contributed by atoms with Gasteiger partial charge in [0.2, 0.25) is 0 Å². The van der Waals surface area contributed by atoms with Gasteiger partial charge < -0.3 is 9.88 Å². The van der Waals surface area contributed by atoms with E-state index in [1.165, 1.54) is 0 Å². The largest absolute Gasteiger partial charge is 0.331 e. The van der Waals surface area contributed by atoms with Gasteiger partial charge in [-0.25, -0.2) is 0 Å². The van der Waals surface area contributed by atoms with Crippen LogP contribution in [0.1, 0.15) is 25.8 Å². The molecule has 18 heavy (non-hydrogen) atoms. The van der Waals surface area contributed by atoms with E-state index < -0.39 is 0 Å². The Morgan fingerprint density at radius 1 is 1.17 bits per heavy atom. The second kappa shape index (κ2) is 6.01. The fraction of sp³-hybridized carbons (Fsp3) is 0.467. The molecule has 1 aromatic heterocycles. The Balaban J connectivity index is 2.13. The highest BCUT2D eigenvalue weighted by molar-refractivity contribution is 5.83. The normalized spacial score (nSPS) is 11.6. The second-order valence-corrected chi connectivity index (χ2v) is 4.65. The van der Waals surface area contributed by atoms with Crippen molar-refractivity contribution in [3.8, 4) is 0 Å². The van der Waals surface area contributed by atoms with E-state index >= 15 is 0 Å².